The molecule has 0 radical (unpaired) electrons. The number of nitrogens with zero attached hydrogens (tertiary/aromatic N) is 1. The molecule has 1 unspecified atom stereocenters. The predicted octanol–water partition coefficient (Wildman–Crippen LogP) is 3.38. The molecule has 0 aromatic carbocycles. The maximum atomic E-state index is 12.0. The van der Waals surface area contributed by atoms with Crippen LogP contribution in [-0.4, -0.2) is 55.3 Å². The average molecular weight is 375 g/mol. The van der Waals surface area contributed by atoms with Gasteiger partial charge in [0.15, 0.2) is 5.96 Å². The van der Waals surface area contributed by atoms with Crippen molar-refractivity contribution in [3.63, 3.8) is 0 Å². The lowest BCUT2D eigenvalue weighted by atomic mass is 10.1. The Balaban J connectivity index is 4.50. The first-order valence-electron chi connectivity index (χ1n) is 9.33. The molecule has 1 atom stereocenters. The number of alkyl carbamates (subject to hydrolysis) is 1. The van der Waals surface area contributed by atoms with E-state index in [9.17, 15) is 4.79 Å². The molecular formula is C18H38N4O2S. The van der Waals surface area contributed by atoms with E-state index in [1.807, 2.05) is 39.5 Å². The number of unbranched alkanes of at least 4 members (excludes halogenated alkanes) is 1. The summed E-state index contributed by atoms with van der Waals surface area (Å²) in [5.41, 5.74) is -0.489. The Morgan fingerprint density at radius 3 is 2.48 bits per heavy atom. The second kappa shape index (κ2) is 14.1. The maximum Gasteiger partial charge on any atom is 0.407 e. The highest BCUT2D eigenvalue weighted by Crippen LogP contribution is 2.08. The number of hydrogen-bond donors (Lipinski definition) is 3. The molecule has 0 heterocycles. The summed E-state index contributed by atoms with van der Waals surface area (Å²) in [6.45, 7) is 12.0. The number of guanidine groups is 1. The van der Waals surface area contributed by atoms with Crippen LogP contribution in [0.3, 0.4) is 0 Å². The zero-order valence-electron chi connectivity index (χ0n) is 16.9. The molecule has 1 amide bonds. The number of nitrogens with one attached hydrogen (secondary N) is 3. The van der Waals surface area contributed by atoms with Crippen LogP contribution in [0.2, 0.25) is 0 Å². The fourth-order valence-corrected chi connectivity index (χ4v) is 2.65. The first kappa shape index (κ1) is 23.9. The molecule has 6 nitrogen and oxygen atoms in total. The van der Waals surface area contributed by atoms with Gasteiger partial charge in [0.05, 0.1) is 12.6 Å². The molecule has 0 aliphatic rings. The summed E-state index contributed by atoms with van der Waals surface area (Å²) in [6, 6.07) is -0.0215. The van der Waals surface area contributed by atoms with Gasteiger partial charge in [-0.25, -0.2) is 4.79 Å². The van der Waals surface area contributed by atoms with Crippen LogP contribution < -0.4 is 16.0 Å². The van der Waals surface area contributed by atoms with E-state index in [2.05, 4.69) is 34.1 Å². The van der Waals surface area contributed by atoms with Gasteiger partial charge in [0.1, 0.15) is 5.60 Å². The van der Waals surface area contributed by atoms with E-state index in [0.717, 1.165) is 38.3 Å². The largest absolute Gasteiger partial charge is 0.444 e. The summed E-state index contributed by atoms with van der Waals surface area (Å²) in [7, 11) is 0. The molecule has 25 heavy (non-hydrogen) atoms. The molecule has 0 saturated carbocycles. The Kier molecular flexibility index (Phi) is 13.5. The van der Waals surface area contributed by atoms with E-state index < -0.39 is 5.60 Å². The van der Waals surface area contributed by atoms with E-state index in [4.69, 9.17) is 4.74 Å². The molecule has 0 spiro atoms. The summed E-state index contributed by atoms with van der Waals surface area (Å²) < 4.78 is 5.34. The first-order valence-corrected chi connectivity index (χ1v) is 10.7. The molecule has 0 aromatic rings. The Morgan fingerprint density at radius 2 is 1.92 bits per heavy atom. The Morgan fingerprint density at radius 1 is 1.20 bits per heavy atom. The third-order valence-corrected chi connectivity index (χ3v) is 3.94. The van der Waals surface area contributed by atoms with Crippen molar-refractivity contribution >= 4 is 23.8 Å². The smallest absolute Gasteiger partial charge is 0.407 e. The van der Waals surface area contributed by atoms with Crippen molar-refractivity contribution in [2.45, 2.75) is 71.9 Å². The van der Waals surface area contributed by atoms with Gasteiger partial charge in [-0.15, -0.1) is 0 Å². The predicted molar refractivity (Wildman–Crippen MR) is 110 cm³/mol. The van der Waals surface area contributed by atoms with Crippen molar-refractivity contribution in [3.8, 4) is 0 Å². The van der Waals surface area contributed by atoms with Crippen molar-refractivity contribution in [1.82, 2.24) is 16.0 Å². The molecule has 7 heteroatoms. The molecule has 148 valence electrons. The van der Waals surface area contributed by atoms with E-state index >= 15 is 0 Å². The van der Waals surface area contributed by atoms with E-state index in [1.165, 1.54) is 12.2 Å². The molecule has 0 bridgehead atoms. The number of thioether (sulfide) groups is 1. The van der Waals surface area contributed by atoms with Crippen LogP contribution in [-0.2, 0) is 4.74 Å². The van der Waals surface area contributed by atoms with E-state index in [-0.39, 0.29) is 12.1 Å². The molecule has 0 aliphatic heterocycles. The summed E-state index contributed by atoms with van der Waals surface area (Å²) >= 11 is 1.87. The third-order valence-electron chi connectivity index (χ3n) is 3.24. The van der Waals surface area contributed by atoms with Crippen molar-refractivity contribution < 1.29 is 9.53 Å². The lowest BCUT2D eigenvalue weighted by Crippen LogP contribution is -2.42. The zero-order valence-corrected chi connectivity index (χ0v) is 17.7. The molecule has 0 aliphatic carbocycles. The van der Waals surface area contributed by atoms with Crippen LogP contribution in [0.25, 0.3) is 0 Å². The van der Waals surface area contributed by atoms with Crippen molar-refractivity contribution in [2.24, 2.45) is 4.99 Å². The van der Waals surface area contributed by atoms with Crippen molar-refractivity contribution in [2.75, 3.05) is 31.6 Å². The molecular weight excluding hydrogens is 336 g/mol. The third kappa shape index (κ3) is 14.9. The summed E-state index contributed by atoms with van der Waals surface area (Å²) in [5, 5.41) is 9.54. The minimum Gasteiger partial charge on any atom is -0.444 e. The number of aliphatic imine (C=N–C) groups is 1. The van der Waals surface area contributed by atoms with E-state index in [1.54, 1.807) is 0 Å². The van der Waals surface area contributed by atoms with Gasteiger partial charge in [-0.3, -0.25) is 4.99 Å². The maximum absolute atomic E-state index is 12.0. The van der Waals surface area contributed by atoms with Gasteiger partial charge in [-0.05, 0) is 59.0 Å². The molecule has 0 aromatic heterocycles. The fraction of sp³-hybridized carbons (Fsp3) is 0.889. The number of rotatable bonds is 11. The first-order chi connectivity index (χ1) is 11.8. The normalized spacial score (nSPS) is 13.3. The van der Waals surface area contributed by atoms with Crippen LogP contribution in [0.1, 0.15) is 60.3 Å². The monoisotopic (exact) mass is 374 g/mol. The minimum atomic E-state index is -0.489. The topological polar surface area (TPSA) is 74.8 Å². The Bertz CT molecular complexity index is 384. The summed E-state index contributed by atoms with van der Waals surface area (Å²) in [4.78, 5) is 16.6. The number of ether oxygens (including phenoxy) is 1. The zero-order chi connectivity index (χ0) is 19.1. The van der Waals surface area contributed by atoms with Gasteiger partial charge in [0.2, 0.25) is 0 Å². The highest BCUT2D eigenvalue weighted by molar-refractivity contribution is 7.98. The molecule has 0 rings (SSSR count). The number of carbonyl (C=O) groups is 1. The second-order valence-electron chi connectivity index (χ2n) is 6.98. The lowest BCUT2D eigenvalue weighted by molar-refractivity contribution is 0.0503. The second-order valence-corrected chi connectivity index (χ2v) is 7.96. The highest BCUT2D eigenvalue weighted by Gasteiger charge is 2.19. The quantitative estimate of drug-likeness (QED) is 0.294. The van der Waals surface area contributed by atoms with Crippen LogP contribution in [0, 0.1) is 0 Å². The van der Waals surface area contributed by atoms with Crippen molar-refractivity contribution in [1.29, 1.82) is 0 Å². The van der Waals surface area contributed by atoms with Crippen LogP contribution in [0.5, 0.6) is 0 Å². The van der Waals surface area contributed by atoms with Gasteiger partial charge in [0, 0.05) is 13.1 Å². The Hall–Kier alpha value is -1.11. The van der Waals surface area contributed by atoms with E-state index in [0.29, 0.717) is 6.54 Å². The Labute approximate surface area is 158 Å². The summed E-state index contributed by atoms with van der Waals surface area (Å²) in [6.07, 6.45) is 5.93. The van der Waals surface area contributed by atoms with Crippen molar-refractivity contribution in [3.05, 3.63) is 0 Å². The standard InChI is InChI=1S/C18H38N4O2S/c1-7-11-15(22-17(23)24-18(3,4)5)14-21-16(19-8-2)20-12-9-10-13-25-6/h15H,7-14H2,1-6H3,(H,22,23)(H2,19,20,21). The lowest BCUT2D eigenvalue weighted by Gasteiger charge is -2.23. The number of hydrogen-bond acceptors (Lipinski definition) is 4. The molecule has 0 fully saturated rings. The van der Waals surface area contributed by atoms with Gasteiger partial charge >= 0.3 is 6.09 Å². The van der Waals surface area contributed by atoms with Gasteiger partial charge in [-0.1, -0.05) is 13.3 Å². The molecule has 3 N–H and O–H groups in total. The van der Waals surface area contributed by atoms with Gasteiger partial charge in [-0.2, -0.15) is 11.8 Å². The van der Waals surface area contributed by atoms with Gasteiger partial charge < -0.3 is 20.7 Å². The average Bonchev–Trinajstić information content (AvgIpc) is 2.50. The van der Waals surface area contributed by atoms with Crippen LogP contribution in [0.15, 0.2) is 4.99 Å². The molecule has 0 saturated heterocycles. The minimum absolute atomic E-state index is 0.0215. The summed E-state index contributed by atoms with van der Waals surface area (Å²) in [5.74, 6) is 1.99. The van der Waals surface area contributed by atoms with Crippen LogP contribution >= 0.6 is 11.8 Å². The fourth-order valence-electron chi connectivity index (χ4n) is 2.15. The number of amides is 1. The number of carbonyl (C=O) groups excluding carboxylic acids is 1. The SMILES string of the molecule is CCCC(CN=C(NCC)NCCCCSC)NC(=O)OC(C)(C)C. The van der Waals surface area contributed by atoms with Crippen LogP contribution in [0.4, 0.5) is 4.79 Å². The van der Waals surface area contributed by atoms with Gasteiger partial charge in [0.25, 0.3) is 0 Å². The highest BCUT2D eigenvalue weighted by atomic mass is 32.2.